The molecule has 2 aromatic carbocycles. The normalized spacial score (nSPS) is 11.6. The third-order valence-electron chi connectivity index (χ3n) is 7.02. The average Bonchev–Trinajstić information content (AvgIpc) is 3.60. The highest BCUT2D eigenvalue weighted by Gasteiger charge is 2.18. The van der Waals surface area contributed by atoms with E-state index in [0.717, 1.165) is 34.3 Å². The molecule has 6 rings (SSSR count). The van der Waals surface area contributed by atoms with Crippen molar-refractivity contribution in [3.8, 4) is 33.9 Å². The molecule has 4 aromatic heterocycles. The fourth-order valence-corrected chi connectivity index (χ4v) is 5.01. The van der Waals surface area contributed by atoms with E-state index in [2.05, 4.69) is 35.7 Å². The Balaban J connectivity index is 1.33. The summed E-state index contributed by atoms with van der Waals surface area (Å²) in [6.07, 6.45) is 3.30. The van der Waals surface area contributed by atoms with Gasteiger partial charge in [-0.1, -0.05) is 12.1 Å². The second-order valence-corrected chi connectivity index (χ2v) is 11.2. The largest absolute Gasteiger partial charge is 0.384 e. The maximum Gasteiger partial charge on any atom is 0.238 e. The van der Waals surface area contributed by atoms with Gasteiger partial charge in [0.1, 0.15) is 11.3 Å². The number of hydrogen-bond acceptors (Lipinski definition) is 8. The highest BCUT2D eigenvalue weighted by molar-refractivity contribution is 5.97. The topological polar surface area (TPSA) is 131 Å². The third kappa shape index (κ3) is 6.26. The summed E-state index contributed by atoms with van der Waals surface area (Å²) >= 11 is 0. The minimum atomic E-state index is -0.325. The number of nitrogens with zero attached hydrogens (tertiary/aromatic N) is 6. The van der Waals surface area contributed by atoms with E-state index in [4.69, 9.17) is 9.97 Å². The van der Waals surface area contributed by atoms with E-state index in [1.165, 1.54) is 12.1 Å². The Kier molecular flexibility index (Phi) is 8.01. The van der Waals surface area contributed by atoms with Crippen molar-refractivity contribution in [2.75, 3.05) is 58.5 Å². The number of aromatic amines is 2. The van der Waals surface area contributed by atoms with Crippen LogP contribution in [0, 0.1) is 5.82 Å². The van der Waals surface area contributed by atoms with Crippen LogP contribution in [-0.4, -0.2) is 93.7 Å². The molecule has 6 aromatic rings. The summed E-state index contributed by atoms with van der Waals surface area (Å²) in [7, 11) is 7.67. The summed E-state index contributed by atoms with van der Waals surface area (Å²) in [6.45, 7) is 1.78. The molecule has 0 fully saturated rings. The predicted molar refractivity (Wildman–Crippen MR) is 172 cm³/mol. The van der Waals surface area contributed by atoms with Crippen LogP contribution in [0.5, 0.6) is 0 Å². The fraction of sp³-hybridized carbons (Fsp3) is 0.219. The molecule has 0 bridgehead atoms. The molecule has 12 heteroatoms. The molecule has 0 atom stereocenters. The minimum Gasteiger partial charge on any atom is -0.384 e. The molecule has 1 amide bonds. The van der Waals surface area contributed by atoms with E-state index in [0.29, 0.717) is 46.2 Å². The van der Waals surface area contributed by atoms with Gasteiger partial charge in [-0.05, 0) is 76.2 Å². The second kappa shape index (κ2) is 12.2. The van der Waals surface area contributed by atoms with Crippen molar-refractivity contribution in [3.05, 3.63) is 72.8 Å². The van der Waals surface area contributed by atoms with Crippen LogP contribution in [0.15, 0.2) is 67.0 Å². The Morgan fingerprint density at radius 1 is 0.886 bits per heavy atom. The van der Waals surface area contributed by atoms with Gasteiger partial charge in [0, 0.05) is 36.1 Å². The van der Waals surface area contributed by atoms with Crippen LogP contribution < -0.4 is 10.6 Å². The molecule has 0 saturated carbocycles. The van der Waals surface area contributed by atoms with Gasteiger partial charge < -0.3 is 25.4 Å². The van der Waals surface area contributed by atoms with Gasteiger partial charge in [0.2, 0.25) is 5.91 Å². The summed E-state index contributed by atoms with van der Waals surface area (Å²) in [5.74, 6) is 0.0779. The Hall–Kier alpha value is -5.20. The lowest BCUT2D eigenvalue weighted by atomic mass is 10.0. The number of hydrogen-bond donors (Lipinski definition) is 4. The molecule has 4 N–H and O–H groups in total. The van der Waals surface area contributed by atoms with Gasteiger partial charge in [0.25, 0.3) is 0 Å². The van der Waals surface area contributed by atoms with E-state index >= 15 is 0 Å². The van der Waals surface area contributed by atoms with Gasteiger partial charge in [-0.3, -0.25) is 14.9 Å². The van der Waals surface area contributed by atoms with E-state index in [1.807, 2.05) is 70.7 Å². The quantitative estimate of drug-likeness (QED) is 0.178. The number of nitrogens with one attached hydrogen (secondary N) is 4. The summed E-state index contributed by atoms with van der Waals surface area (Å²) in [5, 5.41) is 13.7. The SMILES string of the molecule is CN(C)CCNc1cc(F)cc(-c2cccc3[nH]c(-c4n[nH]c5ccc(-c6cncc(NC(=O)CN(C)C)c6)nc45)nc23)c1. The van der Waals surface area contributed by atoms with Gasteiger partial charge >= 0.3 is 0 Å². The zero-order valence-corrected chi connectivity index (χ0v) is 24.9. The van der Waals surface area contributed by atoms with Crippen molar-refractivity contribution in [3.63, 3.8) is 0 Å². The maximum absolute atomic E-state index is 14.7. The highest BCUT2D eigenvalue weighted by atomic mass is 19.1. The van der Waals surface area contributed by atoms with Crippen molar-refractivity contribution in [2.45, 2.75) is 0 Å². The van der Waals surface area contributed by atoms with Gasteiger partial charge in [0.05, 0.1) is 40.7 Å². The third-order valence-corrected chi connectivity index (χ3v) is 7.02. The number of benzene rings is 2. The molecular weight excluding hydrogens is 559 g/mol. The van der Waals surface area contributed by atoms with E-state index in [9.17, 15) is 9.18 Å². The molecule has 0 saturated heterocycles. The Morgan fingerprint density at radius 3 is 2.55 bits per heavy atom. The van der Waals surface area contributed by atoms with Crippen LogP contribution >= 0.6 is 0 Å². The summed E-state index contributed by atoms with van der Waals surface area (Å²) < 4.78 is 14.7. The Labute approximate surface area is 253 Å². The number of aromatic nitrogens is 6. The van der Waals surface area contributed by atoms with E-state index < -0.39 is 0 Å². The van der Waals surface area contributed by atoms with Gasteiger partial charge in [-0.2, -0.15) is 5.10 Å². The molecule has 224 valence electrons. The number of carbonyl (C=O) groups is 1. The standard InChI is InChI=1S/C32H33FN10O/c1-42(2)11-10-35-22-13-19(12-21(33)15-22)24-6-5-7-26-29(24)39-32(38-26)31-30-27(40-41-31)9-8-25(37-30)20-14-23(17-34-16-20)36-28(44)18-43(3)4/h5-9,12-17,35H,10-11,18H2,1-4H3,(H,36,44)(H,38,39)(H,40,41). The molecule has 0 aliphatic carbocycles. The molecule has 0 radical (unpaired) electrons. The number of para-hydroxylation sites is 1. The number of fused-ring (bicyclic) bond motifs is 2. The Morgan fingerprint density at radius 2 is 1.73 bits per heavy atom. The summed E-state index contributed by atoms with van der Waals surface area (Å²) in [5.41, 5.74) is 7.64. The predicted octanol–water partition coefficient (Wildman–Crippen LogP) is 4.84. The summed E-state index contributed by atoms with van der Waals surface area (Å²) in [4.78, 5) is 33.6. The number of pyridine rings is 2. The van der Waals surface area contributed by atoms with E-state index in [-0.39, 0.29) is 18.3 Å². The van der Waals surface area contributed by atoms with Crippen LogP contribution in [0.2, 0.25) is 0 Å². The molecular formula is C32H33FN10O. The number of H-pyrrole nitrogens is 2. The van der Waals surface area contributed by atoms with Crippen LogP contribution in [-0.2, 0) is 4.79 Å². The second-order valence-electron chi connectivity index (χ2n) is 11.2. The molecule has 0 spiro atoms. The fourth-order valence-electron chi connectivity index (χ4n) is 5.01. The molecule has 44 heavy (non-hydrogen) atoms. The van der Waals surface area contributed by atoms with Crippen LogP contribution in [0.25, 0.3) is 56.0 Å². The van der Waals surface area contributed by atoms with Crippen molar-refractivity contribution in [2.24, 2.45) is 0 Å². The van der Waals surface area contributed by atoms with Gasteiger partial charge in [-0.15, -0.1) is 0 Å². The molecule has 0 unspecified atom stereocenters. The monoisotopic (exact) mass is 592 g/mol. The zero-order valence-electron chi connectivity index (χ0n) is 24.9. The number of amides is 1. The van der Waals surface area contributed by atoms with Crippen LogP contribution in [0.3, 0.4) is 0 Å². The first kappa shape index (κ1) is 28.9. The number of anilines is 2. The molecule has 4 heterocycles. The Bertz CT molecular complexity index is 1960. The van der Waals surface area contributed by atoms with E-state index in [1.54, 1.807) is 17.3 Å². The molecule has 0 aliphatic rings. The summed E-state index contributed by atoms with van der Waals surface area (Å²) in [6, 6.07) is 16.3. The molecule has 11 nitrogen and oxygen atoms in total. The lowest BCUT2D eigenvalue weighted by Crippen LogP contribution is -2.27. The first-order chi connectivity index (χ1) is 21.2. The van der Waals surface area contributed by atoms with Crippen LogP contribution in [0.1, 0.15) is 0 Å². The van der Waals surface area contributed by atoms with Crippen molar-refractivity contribution < 1.29 is 9.18 Å². The minimum absolute atomic E-state index is 0.131. The highest BCUT2D eigenvalue weighted by Crippen LogP contribution is 2.33. The average molecular weight is 593 g/mol. The van der Waals surface area contributed by atoms with Gasteiger partial charge in [-0.25, -0.2) is 14.4 Å². The number of rotatable bonds is 10. The van der Waals surface area contributed by atoms with Crippen molar-refractivity contribution >= 4 is 39.3 Å². The van der Waals surface area contributed by atoms with Crippen molar-refractivity contribution in [1.82, 2.24) is 39.9 Å². The van der Waals surface area contributed by atoms with Crippen LogP contribution in [0.4, 0.5) is 15.8 Å². The van der Waals surface area contributed by atoms with Crippen molar-refractivity contribution in [1.29, 1.82) is 0 Å². The number of likely N-dealkylation sites (N-methyl/N-ethyl adjacent to an activating group) is 2. The number of carbonyl (C=O) groups excluding carboxylic acids is 1. The lowest BCUT2D eigenvalue weighted by Gasteiger charge is -2.13. The number of imidazole rings is 1. The first-order valence-corrected chi connectivity index (χ1v) is 14.2. The number of halogens is 1. The maximum atomic E-state index is 14.7. The smallest absolute Gasteiger partial charge is 0.238 e. The van der Waals surface area contributed by atoms with Gasteiger partial charge in [0.15, 0.2) is 11.5 Å². The molecule has 0 aliphatic heterocycles. The first-order valence-electron chi connectivity index (χ1n) is 14.2. The lowest BCUT2D eigenvalue weighted by molar-refractivity contribution is -0.116. The zero-order chi connectivity index (χ0) is 30.8.